The number of hydrogen-bond acceptors (Lipinski definition) is 6. The van der Waals surface area contributed by atoms with Gasteiger partial charge in [-0.2, -0.15) is 0 Å². The number of nitrogens with zero attached hydrogens (tertiary/aromatic N) is 4. The van der Waals surface area contributed by atoms with Crippen molar-refractivity contribution in [2.75, 3.05) is 46.2 Å². The van der Waals surface area contributed by atoms with E-state index in [2.05, 4.69) is 25.6 Å². The van der Waals surface area contributed by atoms with Crippen LogP contribution in [0.2, 0.25) is 0 Å². The first-order valence-electron chi connectivity index (χ1n) is 7.70. The van der Waals surface area contributed by atoms with Gasteiger partial charge in [-0.1, -0.05) is 0 Å². The molecular formula is C15H25N5O2S. The topological polar surface area (TPSA) is 70.1 Å². The van der Waals surface area contributed by atoms with Gasteiger partial charge in [-0.25, -0.2) is 4.98 Å². The van der Waals surface area contributed by atoms with Crippen LogP contribution in [0.1, 0.15) is 18.5 Å². The number of rotatable bonds is 4. The number of esters is 1. The summed E-state index contributed by atoms with van der Waals surface area (Å²) < 4.78 is 4.82. The normalized spacial score (nSPS) is 16.3. The second kappa shape index (κ2) is 8.14. The minimum atomic E-state index is -0.105. The van der Waals surface area contributed by atoms with E-state index in [0.29, 0.717) is 6.54 Å². The highest BCUT2D eigenvalue weighted by Gasteiger charge is 2.26. The molecule has 0 aliphatic carbocycles. The van der Waals surface area contributed by atoms with E-state index in [4.69, 9.17) is 4.74 Å². The first-order chi connectivity index (χ1) is 11.0. The first-order valence-corrected chi connectivity index (χ1v) is 8.58. The number of methoxy groups -OCH3 is 1. The third-order valence-electron chi connectivity index (χ3n) is 3.89. The monoisotopic (exact) mass is 339 g/mol. The molecule has 8 heteroatoms. The fraction of sp³-hybridized carbons (Fsp3) is 0.667. The Morgan fingerprint density at radius 1 is 1.52 bits per heavy atom. The van der Waals surface area contributed by atoms with Crippen LogP contribution >= 0.6 is 11.3 Å². The predicted molar refractivity (Wildman–Crippen MR) is 93.0 cm³/mol. The molecule has 0 spiro atoms. The molecule has 23 heavy (non-hydrogen) atoms. The zero-order chi connectivity index (χ0) is 16.8. The number of carbonyl (C=O) groups is 1. The highest BCUT2D eigenvalue weighted by molar-refractivity contribution is 7.13. The van der Waals surface area contributed by atoms with Crippen LogP contribution in [0, 0.1) is 5.92 Å². The number of anilines is 1. The van der Waals surface area contributed by atoms with Gasteiger partial charge in [0.15, 0.2) is 11.1 Å². The summed E-state index contributed by atoms with van der Waals surface area (Å²) in [5, 5.41) is 6.40. The van der Waals surface area contributed by atoms with E-state index >= 15 is 0 Å². The fourth-order valence-electron chi connectivity index (χ4n) is 2.58. The Morgan fingerprint density at radius 3 is 2.74 bits per heavy atom. The summed E-state index contributed by atoms with van der Waals surface area (Å²) in [6.45, 7) is 2.26. The molecule has 2 rings (SSSR count). The zero-order valence-electron chi connectivity index (χ0n) is 14.2. The first kappa shape index (κ1) is 17.5. The number of ether oxygens (including phenoxy) is 1. The molecule has 1 aliphatic heterocycles. The molecule has 7 nitrogen and oxygen atoms in total. The number of thiazole rings is 1. The van der Waals surface area contributed by atoms with Crippen molar-refractivity contribution < 1.29 is 9.53 Å². The number of nitrogens with one attached hydrogen (secondary N) is 1. The number of aromatic nitrogens is 1. The van der Waals surface area contributed by atoms with Gasteiger partial charge in [0.1, 0.15) is 0 Å². The SMILES string of the molecule is CN=C(NCc1csc(N(C)C)n1)N1CCC(C(=O)OC)CC1. The molecule has 1 N–H and O–H groups in total. The Labute approximate surface area is 141 Å². The maximum Gasteiger partial charge on any atom is 0.308 e. The quantitative estimate of drug-likeness (QED) is 0.504. The molecular weight excluding hydrogens is 314 g/mol. The number of aliphatic imine (C=N–C) groups is 1. The molecule has 0 unspecified atom stereocenters. The Kier molecular flexibility index (Phi) is 6.20. The second-order valence-electron chi connectivity index (χ2n) is 5.70. The van der Waals surface area contributed by atoms with Gasteiger partial charge in [-0.3, -0.25) is 9.79 Å². The van der Waals surface area contributed by atoms with E-state index < -0.39 is 0 Å². The highest BCUT2D eigenvalue weighted by Crippen LogP contribution is 2.19. The Balaban J connectivity index is 1.85. The van der Waals surface area contributed by atoms with Crippen LogP contribution in [0.4, 0.5) is 5.13 Å². The largest absolute Gasteiger partial charge is 0.469 e. The standard InChI is InChI=1S/C15H25N5O2S/c1-16-14(17-9-12-10-23-15(18-12)19(2)3)20-7-5-11(6-8-20)13(21)22-4/h10-11H,5-9H2,1-4H3,(H,16,17). The smallest absolute Gasteiger partial charge is 0.308 e. The van der Waals surface area contributed by atoms with Crippen LogP contribution in [-0.2, 0) is 16.1 Å². The predicted octanol–water partition coefficient (Wildman–Crippen LogP) is 1.17. The summed E-state index contributed by atoms with van der Waals surface area (Å²) in [6, 6.07) is 0. The molecule has 0 amide bonds. The van der Waals surface area contributed by atoms with Gasteiger partial charge in [0.05, 0.1) is 25.3 Å². The minimum absolute atomic E-state index is 0.00976. The lowest BCUT2D eigenvalue weighted by Crippen LogP contribution is -2.46. The van der Waals surface area contributed by atoms with E-state index in [1.54, 1.807) is 18.4 Å². The summed E-state index contributed by atoms with van der Waals surface area (Å²) in [7, 11) is 7.20. The molecule has 0 aromatic carbocycles. The van der Waals surface area contributed by atoms with E-state index in [9.17, 15) is 4.79 Å². The summed E-state index contributed by atoms with van der Waals surface area (Å²) >= 11 is 1.63. The zero-order valence-corrected chi connectivity index (χ0v) is 15.0. The Bertz CT molecular complexity index is 550. The lowest BCUT2D eigenvalue weighted by molar-refractivity contribution is -0.146. The van der Waals surface area contributed by atoms with Crippen molar-refractivity contribution in [2.45, 2.75) is 19.4 Å². The van der Waals surface area contributed by atoms with E-state index in [1.807, 2.05) is 19.0 Å². The molecule has 1 aromatic rings. The Morgan fingerprint density at radius 2 is 2.22 bits per heavy atom. The molecule has 2 heterocycles. The molecule has 1 aromatic heterocycles. The van der Waals surface area contributed by atoms with Crippen LogP contribution in [0.5, 0.6) is 0 Å². The van der Waals surface area contributed by atoms with Crippen molar-refractivity contribution >= 4 is 28.4 Å². The van der Waals surface area contributed by atoms with Crippen molar-refractivity contribution in [3.63, 3.8) is 0 Å². The van der Waals surface area contributed by atoms with Crippen molar-refractivity contribution in [1.29, 1.82) is 0 Å². The van der Waals surface area contributed by atoms with Crippen molar-refractivity contribution in [1.82, 2.24) is 15.2 Å². The fourth-order valence-corrected chi connectivity index (χ4v) is 3.34. The maximum atomic E-state index is 11.6. The molecule has 0 saturated carbocycles. The molecule has 128 valence electrons. The van der Waals surface area contributed by atoms with Gasteiger partial charge in [0.25, 0.3) is 0 Å². The Hall–Kier alpha value is -1.83. The molecule has 0 atom stereocenters. The maximum absolute atomic E-state index is 11.6. The number of piperidine rings is 1. The molecule has 1 fully saturated rings. The van der Waals surface area contributed by atoms with E-state index in [0.717, 1.165) is 42.7 Å². The van der Waals surface area contributed by atoms with Crippen LogP contribution in [0.25, 0.3) is 0 Å². The number of carbonyl (C=O) groups excluding carboxylic acids is 1. The number of guanidine groups is 1. The van der Waals surface area contributed by atoms with Crippen LogP contribution in [0.15, 0.2) is 10.4 Å². The molecule has 0 radical (unpaired) electrons. The highest BCUT2D eigenvalue weighted by atomic mass is 32.1. The third-order valence-corrected chi connectivity index (χ3v) is 4.95. The van der Waals surface area contributed by atoms with Gasteiger partial charge in [0.2, 0.25) is 0 Å². The average molecular weight is 339 g/mol. The van der Waals surface area contributed by atoms with Crippen molar-refractivity contribution in [2.24, 2.45) is 10.9 Å². The molecule has 1 saturated heterocycles. The molecule has 1 aliphatic rings. The minimum Gasteiger partial charge on any atom is -0.469 e. The van der Waals surface area contributed by atoms with Gasteiger partial charge in [0, 0.05) is 39.6 Å². The second-order valence-corrected chi connectivity index (χ2v) is 6.54. The van der Waals surface area contributed by atoms with E-state index in [-0.39, 0.29) is 11.9 Å². The van der Waals surface area contributed by atoms with Crippen LogP contribution < -0.4 is 10.2 Å². The number of likely N-dealkylation sites (tertiary alicyclic amines) is 1. The van der Waals surface area contributed by atoms with Crippen LogP contribution in [0.3, 0.4) is 0 Å². The lowest BCUT2D eigenvalue weighted by Gasteiger charge is -2.33. The summed E-state index contributed by atoms with van der Waals surface area (Å²) in [4.78, 5) is 24.7. The van der Waals surface area contributed by atoms with Gasteiger partial charge in [-0.05, 0) is 12.8 Å². The van der Waals surface area contributed by atoms with Crippen molar-refractivity contribution in [3.8, 4) is 0 Å². The van der Waals surface area contributed by atoms with Gasteiger partial charge < -0.3 is 19.9 Å². The summed E-state index contributed by atoms with van der Waals surface area (Å²) in [6.07, 6.45) is 1.60. The summed E-state index contributed by atoms with van der Waals surface area (Å²) in [5.74, 6) is 0.759. The third kappa shape index (κ3) is 4.57. The average Bonchev–Trinajstić information content (AvgIpc) is 3.04. The van der Waals surface area contributed by atoms with Gasteiger partial charge >= 0.3 is 5.97 Å². The van der Waals surface area contributed by atoms with Gasteiger partial charge in [-0.15, -0.1) is 11.3 Å². The summed E-state index contributed by atoms with van der Waals surface area (Å²) in [5.41, 5.74) is 1.00. The number of hydrogen-bond donors (Lipinski definition) is 1. The van der Waals surface area contributed by atoms with E-state index in [1.165, 1.54) is 7.11 Å². The van der Waals surface area contributed by atoms with Crippen molar-refractivity contribution in [3.05, 3.63) is 11.1 Å². The molecule has 0 bridgehead atoms. The lowest BCUT2D eigenvalue weighted by atomic mass is 9.97. The van der Waals surface area contributed by atoms with Crippen LogP contribution in [-0.4, -0.2) is 63.2 Å².